The lowest BCUT2D eigenvalue weighted by molar-refractivity contribution is -0.122. The van der Waals surface area contributed by atoms with Gasteiger partial charge in [0, 0.05) is 11.4 Å². The van der Waals surface area contributed by atoms with Crippen LogP contribution in [0, 0.1) is 5.92 Å². The smallest absolute Gasteiger partial charge is 0.220 e. The maximum atomic E-state index is 12.0. The van der Waals surface area contributed by atoms with Gasteiger partial charge in [0.25, 0.3) is 0 Å². The van der Waals surface area contributed by atoms with E-state index in [4.69, 9.17) is 11.6 Å². The van der Waals surface area contributed by atoms with Crippen molar-refractivity contribution in [3.63, 3.8) is 0 Å². The van der Waals surface area contributed by atoms with Crippen LogP contribution in [0.25, 0.3) is 0 Å². The van der Waals surface area contributed by atoms with Gasteiger partial charge in [-0.3, -0.25) is 4.79 Å². The zero-order valence-corrected chi connectivity index (χ0v) is 12.0. The number of hydrogen-bond donors (Lipinski definition) is 2. The molecule has 0 radical (unpaired) electrons. The van der Waals surface area contributed by atoms with Crippen molar-refractivity contribution in [3.05, 3.63) is 34.9 Å². The van der Waals surface area contributed by atoms with Gasteiger partial charge < -0.3 is 10.6 Å². The first-order chi connectivity index (χ1) is 9.15. The summed E-state index contributed by atoms with van der Waals surface area (Å²) in [7, 11) is 0. The van der Waals surface area contributed by atoms with Crippen LogP contribution >= 0.6 is 11.6 Å². The SMILES string of the molecule is C[C@@H](NC(=O)CC1CCNCC1)c1cccc(Cl)c1. The average molecular weight is 281 g/mol. The number of halogens is 1. The van der Waals surface area contributed by atoms with Crippen molar-refractivity contribution >= 4 is 17.5 Å². The van der Waals surface area contributed by atoms with Gasteiger partial charge in [0.15, 0.2) is 0 Å². The first-order valence-corrected chi connectivity index (χ1v) is 7.28. The molecule has 0 unspecified atom stereocenters. The van der Waals surface area contributed by atoms with E-state index in [0.29, 0.717) is 17.4 Å². The highest BCUT2D eigenvalue weighted by atomic mass is 35.5. The lowest BCUT2D eigenvalue weighted by Gasteiger charge is -2.23. The van der Waals surface area contributed by atoms with Crippen molar-refractivity contribution in [1.82, 2.24) is 10.6 Å². The Bertz CT molecular complexity index is 430. The van der Waals surface area contributed by atoms with E-state index >= 15 is 0 Å². The predicted octanol–water partition coefficient (Wildman–Crippen LogP) is 2.91. The van der Waals surface area contributed by atoms with E-state index in [9.17, 15) is 4.79 Å². The molecule has 1 heterocycles. The Hall–Kier alpha value is -1.06. The molecule has 1 saturated heterocycles. The number of benzene rings is 1. The highest BCUT2D eigenvalue weighted by Gasteiger charge is 2.18. The molecule has 0 saturated carbocycles. The molecule has 1 aromatic rings. The summed E-state index contributed by atoms with van der Waals surface area (Å²) in [6.45, 7) is 4.05. The summed E-state index contributed by atoms with van der Waals surface area (Å²) in [5.74, 6) is 0.659. The minimum Gasteiger partial charge on any atom is -0.350 e. The third-order valence-electron chi connectivity index (χ3n) is 3.66. The lowest BCUT2D eigenvalue weighted by Crippen LogP contribution is -2.33. The lowest BCUT2D eigenvalue weighted by atomic mass is 9.94. The molecule has 2 rings (SSSR count). The third kappa shape index (κ3) is 4.51. The molecule has 19 heavy (non-hydrogen) atoms. The van der Waals surface area contributed by atoms with Gasteiger partial charge in [0.05, 0.1) is 6.04 Å². The predicted molar refractivity (Wildman–Crippen MR) is 78.2 cm³/mol. The number of hydrogen-bond acceptors (Lipinski definition) is 2. The van der Waals surface area contributed by atoms with Gasteiger partial charge in [-0.15, -0.1) is 0 Å². The number of carbonyl (C=O) groups is 1. The number of piperidine rings is 1. The van der Waals surface area contributed by atoms with Gasteiger partial charge in [-0.1, -0.05) is 23.7 Å². The molecule has 0 bridgehead atoms. The zero-order valence-electron chi connectivity index (χ0n) is 11.3. The molecule has 3 nitrogen and oxygen atoms in total. The summed E-state index contributed by atoms with van der Waals surface area (Å²) >= 11 is 5.96. The van der Waals surface area contributed by atoms with Crippen molar-refractivity contribution in [3.8, 4) is 0 Å². The molecule has 0 aromatic heterocycles. The Morgan fingerprint density at radius 1 is 1.47 bits per heavy atom. The quantitative estimate of drug-likeness (QED) is 0.890. The Kier molecular flexibility index (Phi) is 5.23. The summed E-state index contributed by atoms with van der Waals surface area (Å²) in [6.07, 6.45) is 2.82. The fraction of sp³-hybridized carbons (Fsp3) is 0.533. The molecular weight excluding hydrogens is 260 g/mol. The Balaban J connectivity index is 1.84. The summed E-state index contributed by atoms with van der Waals surface area (Å²) in [5, 5.41) is 7.07. The summed E-state index contributed by atoms with van der Waals surface area (Å²) in [4.78, 5) is 12.0. The normalized spacial score (nSPS) is 18.0. The van der Waals surface area contributed by atoms with Gasteiger partial charge in [-0.2, -0.15) is 0 Å². The second-order valence-electron chi connectivity index (χ2n) is 5.24. The van der Waals surface area contributed by atoms with Crippen molar-refractivity contribution in [1.29, 1.82) is 0 Å². The number of rotatable bonds is 4. The molecule has 1 aliphatic rings. The average Bonchev–Trinajstić information content (AvgIpc) is 2.39. The maximum Gasteiger partial charge on any atom is 0.220 e. The first-order valence-electron chi connectivity index (χ1n) is 6.90. The molecule has 1 aliphatic heterocycles. The van der Waals surface area contributed by atoms with Crippen LogP contribution in [0.1, 0.15) is 37.8 Å². The minimum absolute atomic E-state index is 0.00733. The van der Waals surface area contributed by atoms with E-state index in [1.54, 1.807) is 0 Å². The molecule has 0 spiro atoms. The van der Waals surface area contributed by atoms with Crippen LogP contribution in [-0.2, 0) is 4.79 Å². The van der Waals surface area contributed by atoms with Crippen LogP contribution < -0.4 is 10.6 Å². The molecule has 1 fully saturated rings. The minimum atomic E-state index is 0.00733. The highest BCUT2D eigenvalue weighted by molar-refractivity contribution is 6.30. The van der Waals surface area contributed by atoms with Crippen molar-refractivity contribution < 1.29 is 4.79 Å². The third-order valence-corrected chi connectivity index (χ3v) is 3.89. The van der Waals surface area contributed by atoms with E-state index < -0.39 is 0 Å². The van der Waals surface area contributed by atoms with Crippen LogP contribution in [0.4, 0.5) is 0 Å². The molecular formula is C15H21ClN2O. The van der Waals surface area contributed by atoms with Crippen molar-refractivity contribution in [2.75, 3.05) is 13.1 Å². The Labute approximate surface area is 119 Å². The molecule has 4 heteroatoms. The molecule has 2 N–H and O–H groups in total. The Morgan fingerprint density at radius 3 is 2.89 bits per heavy atom. The van der Waals surface area contributed by atoms with E-state index in [2.05, 4.69) is 10.6 Å². The van der Waals surface area contributed by atoms with Crippen LogP contribution in [0.15, 0.2) is 24.3 Å². The maximum absolute atomic E-state index is 12.0. The van der Waals surface area contributed by atoms with Crippen LogP contribution in [0.2, 0.25) is 5.02 Å². The number of amides is 1. The highest BCUT2D eigenvalue weighted by Crippen LogP contribution is 2.19. The molecule has 1 aromatic carbocycles. The fourth-order valence-corrected chi connectivity index (χ4v) is 2.71. The standard InChI is InChI=1S/C15H21ClN2O/c1-11(13-3-2-4-14(16)10-13)18-15(19)9-12-5-7-17-8-6-12/h2-4,10-12,17H,5-9H2,1H3,(H,18,19)/t11-/m1/s1. The molecule has 1 atom stereocenters. The van der Waals surface area contributed by atoms with Crippen molar-refractivity contribution in [2.45, 2.75) is 32.2 Å². The fourth-order valence-electron chi connectivity index (χ4n) is 2.51. The molecule has 1 amide bonds. The topological polar surface area (TPSA) is 41.1 Å². The monoisotopic (exact) mass is 280 g/mol. The van der Waals surface area contributed by atoms with E-state index in [0.717, 1.165) is 31.5 Å². The van der Waals surface area contributed by atoms with Gasteiger partial charge in [0.1, 0.15) is 0 Å². The van der Waals surface area contributed by atoms with Crippen LogP contribution in [-0.4, -0.2) is 19.0 Å². The van der Waals surface area contributed by atoms with E-state index in [1.807, 2.05) is 31.2 Å². The summed E-state index contributed by atoms with van der Waals surface area (Å²) in [6, 6.07) is 7.65. The van der Waals surface area contributed by atoms with Gasteiger partial charge in [-0.05, 0) is 56.5 Å². The van der Waals surface area contributed by atoms with E-state index in [1.165, 1.54) is 0 Å². The summed E-state index contributed by atoms with van der Waals surface area (Å²) < 4.78 is 0. The van der Waals surface area contributed by atoms with E-state index in [-0.39, 0.29) is 11.9 Å². The van der Waals surface area contributed by atoms with Gasteiger partial charge in [0.2, 0.25) is 5.91 Å². The van der Waals surface area contributed by atoms with Gasteiger partial charge >= 0.3 is 0 Å². The molecule has 104 valence electrons. The van der Waals surface area contributed by atoms with Crippen LogP contribution in [0.5, 0.6) is 0 Å². The second-order valence-corrected chi connectivity index (χ2v) is 5.68. The van der Waals surface area contributed by atoms with Gasteiger partial charge in [-0.25, -0.2) is 0 Å². The van der Waals surface area contributed by atoms with Crippen LogP contribution in [0.3, 0.4) is 0 Å². The second kappa shape index (κ2) is 6.92. The molecule has 0 aliphatic carbocycles. The summed E-state index contributed by atoms with van der Waals surface area (Å²) in [5.41, 5.74) is 1.05. The van der Waals surface area contributed by atoms with Crippen molar-refractivity contribution in [2.24, 2.45) is 5.92 Å². The number of carbonyl (C=O) groups excluding carboxylic acids is 1. The largest absolute Gasteiger partial charge is 0.350 e. The zero-order chi connectivity index (χ0) is 13.7. The number of nitrogens with one attached hydrogen (secondary N) is 2. The first kappa shape index (κ1) is 14.4. The Morgan fingerprint density at radius 2 is 2.21 bits per heavy atom.